The fraction of sp³-hybridized carbons (Fsp3) is 0.125. The van der Waals surface area contributed by atoms with Crippen molar-refractivity contribution in [1.29, 1.82) is 5.26 Å². The first-order chi connectivity index (χ1) is 8.97. The van der Waals surface area contributed by atoms with Gasteiger partial charge in [0.25, 0.3) is 14.7 Å². The molecule has 0 aliphatic rings. The van der Waals surface area contributed by atoms with Crippen molar-refractivity contribution in [2.45, 2.75) is 15.3 Å². The molecule has 0 unspecified atom stereocenters. The summed E-state index contributed by atoms with van der Waals surface area (Å²) in [4.78, 5) is 7.42. The zero-order valence-corrected chi connectivity index (χ0v) is 11.4. The number of hydrogen-bond acceptors (Lipinski definition) is 6. The highest BCUT2D eigenvalue weighted by Gasteiger charge is 2.36. The number of thioether (sulfide) groups is 1. The Morgan fingerprint density at radius 2 is 1.95 bits per heavy atom. The second kappa shape index (κ2) is 5.47. The summed E-state index contributed by atoms with van der Waals surface area (Å²) in [6.07, 6.45) is 0. The van der Waals surface area contributed by atoms with E-state index in [9.17, 15) is 31.7 Å². The van der Waals surface area contributed by atoms with Gasteiger partial charge in [-0.1, -0.05) is 0 Å². The largest absolute Gasteiger partial charge is 0.446 e. The van der Waals surface area contributed by atoms with Crippen LogP contribution in [0.3, 0.4) is 0 Å². The lowest BCUT2D eigenvalue weighted by atomic mass is 10.2. The van der Waals surface area contributed by atoms with Gasteiger partial charge in [-0.2, -0.15) is 18.4 Å². The highest BCUT2D eigenvalue weighted by atomic mass is 35.7. The molecule has 0 aliphatic heterocycles. The zero-order chi connectivity index (χ0) is 15.7. The van der Waals surface area contributed by atoms with Gasteiger partial charge in [0.1, 0.15) is 11.0 Å². The minimum Gasteiger partial charge on any atom is -0.258 e. The molecular weight excluding hydrogens is 345 g/mol. The predicted octanol–water partition coefficient (Wildman–Crippen LogP) is 3.01. The molecule has 108 valence electrons. The van der Waals surface area contributed by atoms with Crippen LogP contribution in [0.25, 0.3) is 0 Å². The van der Waals surface area contributed by atoms with Crippen molar-refractivity contribution in [3.8, 4) is 6.07 Å². The van der Waals surface area contributed by atoms with E-state index in [2.05, 4.69) is 0 Å². The minimum atomic E-state index is -4.85. The SMILES string of the molecule is N#Cc1c([N+](=O)[O-])ccc(SC(F)(F)F)c1S(=O)(=O)Cl. The molecule has 0 saturated carbocycles. The second-order valence-corrected chi connectivity index (χ2v) is 6.75. The number of hydrogen-bond donors (Lipinski definition) is 0. The molecule has 0 bridgehead atoms. The molecule has 0 saturated heterocycles. The van der Waals surface area contributed by atoms with Crippen LogP contribution in [0, 0.1) is 21.4 Å². The molecule has 0 aliphatic carbocycles. The van der Waals surface area contributed by atoms with Crippen LogP contribution in [0.15, 0.2) is 21.9 Å². The molecule has 0 atom stereocenters. The third-order valence-corrected chi connectivity index (χ3v) is 4.17. The van der Waals surface area contributed by atoms with Gasteiger partial charge in [-0.15, -0.1) is 0 Å². The van der Waals surface area contributed by atoms with E-state index in [4.69, 9.17) is 15.9 Å². The number of nitro groups is 1. The summed E-state index contributed by atoms with van der Waals surface area (Å²) in [6.45, 7) is 0. The standard InChI is InChI=1S/C8H2ClF3N2O4S2/c9-20(17,18)7-4(3-13)5(14(15)16)1-2-6(7)19-8(10,11)12/h1-2H. The molecule has 0 fully saturated rings. The lowest BCUT2D eigenvalue weighted by Crippen LogP contribution is -2.06. The van der Waals surface area contributed by atoms with Gasteiger partial charge in [-0.3, -0.25) is 10.1 Å². The smallest absolute Gasteiger partial charge is 0.258 e. The van der Waals surface area contributed by atoms with Gasteiger partial charge in [-0.05, 0) is 17.8 Å². The molecule has 0 N–H and O–H groups in total. The maximum atomic E-state index is 12.3. The van der Waals surface area contributed by atoms with Gasteiger partial charge in [0.05, 0.1) is 4.92 Å². The Bertz CT molecular complexity index is 712. The van der Waals surface area contributed by atoms with Crippen LogP contribution in [0.4, 0.5) is 18.9 Å². The van der Waals surface area contributed by atoms with Gasteiger partial charge in [0, 0.05) is 21.6 Å². The maximum absolute atomic E-state index is 12.3. The van der Waals surface area contributed by atoms with Gasteiger partial charge < -0.3 is 0 Å². The van der Waals surface area contributed by atoms with E-state index in [1.54, 1.807) is 0 Å². The summed E-state index contributed by atoms with van der Waals surface area (Å²) < 4.78 is 59.5. The van der Waals surface area contributed by atoms with E-state index in [1.807, 2.05) is 0 Å². The van der Waals surface area contributed by atoms with Crippen LogP contribution in [-0.2, 0) is 9.05 Å². The lowest BCUT2D eigenvalue weighted by molar-refractivity contribution is -0.385. The third-order valence-electron chi connectivity index (χ3n) is 1.88. The first-order valence-corrected chi connectivity index (χ1v) is 7.52. The van der Waals surface area contributed by atoms with Gasteiger partial charge in [0.2, 0.25) is 0 Å². The van der Waals surface area contributed by atoms with E-state index < -0.39 is 52.3 Å². The Labute approximate surface area is 118 Å². The molecular formula is C8H2ClF3N2O4S2. The highest BCUT2D eigenvalue weighted by molar-refractivity contribution is 8.14. The molecule has 12 heteroatoms. The number of nitro benzene ring substituents is 1. The van der Waals surface area contributed by atoms with Crippen molar-refractivity contribution in [3.63, 3.8) is 0 Å². The van der Waals surface area contributed by atoms with Crippen LogP contribution >= 0.6 is 22.4 Å². The summed E-state index contributed by atoms with van der Waals surface area (Å²) >= 11 is -0.833. The van der Waals surface area contributed by atoms with Crippen molar-refractivity contribution in [2.75, 3.05) is 0 Å². The molecule has 0 heterocycles. The number of benzene rings is 1. The molecule has 1 rings (SSSR count). The van der Waals surface area contributed by atoms with E-state index >= 15 is 0 Å². The first kappa shape index (κ1) is 16.5. The van der Waals surface area contributed by atoms with Gasteiger partial charge in [0.15, 0.2) is 5.56 Å². The normalized spacial score (nSPS) is 11.9. The monoisotopic (exact) mass is 346 g/mol. The number of nitriles is 1. The Morgan fingerprint density at radius 1 is 1.40 bits per heavy atom. The van der Waals surface area contributed by atoms with Crippen LogP contribution in [0.5, 0.6) is 0 Å². The van der Waals surface area contributed by atoms with Gasteiger partial charge >= 0.3 is 5.51 Å². The van der Waals surface area contributed by atoms with Crippen LogP contribution in [0.1, 0.15) is 5.56 Å². The molecule has 0 radical (unpaired) electrons. The highest BCUT2D eigenvalue weighted by Crippen LogP contribution is 2.43. The second-order valence-electron chi connectivity index (χ2n) is 3.14. The van der Waals surface area contributed by atoms with Crippen LogP contribution in [-0.4, -0.2) is 18.8 Å². The summed E-state index contributed by atoms with van der Waals surface area (Å²) in [5, 5.41) is 19.4. The maximum Gasteiger partial charge on any atom is 0.446 e. The van der Waals surface area contributed by atoms with E-state index in [0.717, 1.165) is 0 Å². The van der Waals surface area contributed by atoms with E-state index in [1.165, 1.54) is 6.07 Å². The summed E-state index contributed by atoms with van der Waals surface area (Å²) in [6, 6.07) is 2.38. The number of alkyl halides is 3. The Kier molecular flexibility index (Phi) is 4.52. The first-order valence-electron chi connectivity index (χ1n) is 4.39. The Morgan fingerprint density at radius 3 is 2.30 bits per heavy atom. The summed E-state index contributed by atoms with van der Waals surface area (Å²) in [5.74, 6) is 0. The van der Waals surface area contributed by atoms with Crippen molar-refractivity contribution in [3.05, 3.63) is 27.8 Å². The molecule has 0 amide bonds. The topological polar surface area (TPSA) is 101 Å². The number of nitrogens with zero attached hydrogens (tertiary/aromatic N) is 2. The predicted molar refractivity (Wildman–Crippen MR) is 62.8 cm³/mol. The van der Waals surface area contributed by atoms with E-state index in [-0.39, 0.29) is 0 Å². The van der Waals surface area contributed by atoms with Crippen molar-refractivity contribution in [1.82, 2.24) is 0 Å². The fourth-order valence-corrected chi connectivity index (χ4v) is 3.62. The molecule has 1 aromatic rings. The van der Waals surface area contributed by atoms with Crippen LogP contribution < -0.4 is 0 Å². The Balaban J connectivity index is 3.74. The third kappa shape index (κ3) is 3.75. The Hall–Kier alpha value is -1.51. The quantitative estimate of drug-likeness (QED) is 0.361. The van der Waals surface area contributed by atoms with Crippen molar-refractivity contribution < 1.29 is 26.5 Å². The fourth-order valence-electron chi connectivity index (χ4n) is 1.26. The van der Waals surface area contributed by atoms with Crippen molar-refractivity contribution in [2.24, 2.45) is 0 Å². The number of halogens is 4. The molecule has 0 spiro atoms. The minimum absolute atomic E-state index is 0.576. The molecule has 1 aromatic carbocycles. The average Bonchev–Trinajstić information content (AvgIpc) is 2.23. The lowest BCUT2D eigenvalue weighted by Gasteiger charge is -2.10. The average molecular weight is 347 g/mol. The summed E-state index contributed by atoms with van der Waals surface area (Å²) in [5.41, 5.74) is -6.84. The van der Waals surface area contributed by atoms with Crippen molar-refractivity contribution >= 4 is 37.2 Å². The van der Waals surface area contributed by atoms with E-state index in [0.29, 0.717) is 12.1 Å². The summed E-state index contributed by atoms with van der Waals surface area (Å²) in [7, 11) is 0.191. The molecule has 0 aromatic heterocycles. The molecule has 6 nitrogen and oxygen atoms in total. The van der Waals surface area contributed by atoms with Crippen LogP contribution in [0.2, 0.25) is 0 Å². The number of rotatable bonds is 3. The van der Waals surface area contributed by atoms with Gasteiger partial charge in [-0.25, -0.2) is 8.42 Å². The molecule has 20 heavy (non-hydrogen) atoms. The zero-order valence-electron chi connectivity index (χ0n) is 9.01.